The number of nitrogens with one attached hydrogen (secondary N) is 1. The number of thiazole rings is 1. The van der Waals surface area contributed by atoms with Crippen LogP contribution in [-0.2, 0) is 35.7 Å². The number of pyridine rings is 1. The lowest BCUT2D eigenvalue weighted by Crippen LogP contribution is -2.24. The molecule has 0 aliphatic carbocycles. The first-order valence-electron chi connectivity index (χ1n) is 19.6. The van der Waals surface area contributed by atoms with E-state index in [1.807, 2.05) is 26.0 Å². The van der Waals surface area contributed by atoms with Gasteiger partial charge in [-0.1, -0.05) is 23.5 Å². The number of carbonyl (C=O) groups is 5. The monoisotopic (exact) mass is 852 g/mol. The summed E-state index contributed by atoms with van der Waals surface area (Å²) < 4.78 is 18.8. The van der Waals surface area contributed by atoms with Gasteiger partial charge in [-0.05, 0) is 85.2 Å². The second kappa shape index (κ2) is 18.1. The first-order chi connectivity index (χ1) is 29.0. The first kappa shape index (κ1) is 43.6. The summed E-state index contributed by atoms with van der Waals surface area (Å²) in [4.78, 5) is 78.1. The molecule has 5 aromatic heterocycles. The molecule has 0 saturated heterocycles. The van der Waals surface area contributed by atoms with E-state index in [1.54, 1.807) is 71.3 Å². The van der Waals surface area contributed by atoms with Crippen molar-refractivity contribution in [1.82, 2.24) is 38.7 Å². The quantitative estimate of drug-likeness (QED) is 0.0697. The van der Waals surface area contributed by atoms with Crippen molar-refractivity contribution in [3.63, 3.8) is 0 Å². The second-order valence-electron chi connectivity index (χ2n) is 15.0. The van der Waals surface area contributed by atoms with E-state index in [1.165, 1.54) is 29.7 Å². The number of esters is 1. The topological polar surface area (TPSA) is 252 Å². The molecule has 0 atom stereocenters. The molecule has 6 aromatic rings. The molecule has 19 nitrogen and oxygen atoms in total. The summed E-state index contributed by atoms with van der Waals surface area (Å²) in [7, 11) is 0. The Morgan fingerprint density at radius 3 is 2.15 bits per heavy atom. The number of aryl methyl sites for hydroxylation is 4. The van der Waals surface area contributed by atoms with Crippen LogP contribution in [0.15, 0.2) is 53.7 Å². The Kier molecular flexibility index (Phi) is 13.0. The number of ether oxygens (including phenoxy) is 2. The van der Waals surface area contributed by atoms with Gasteiger partial charge in [-0.2, -0.15) is 15.2 Å². The Balaban J connectivity index is 1.38. The SMILES string of the molecule is CCn1nc(C)cc1C(=O)N=c1sc2cc(C(N)=O)cnc2n1C/C=C/Cn1c(NC(=O)c2cc(C)nn2CC)nc2cc(C(N)=O)cc(OCCCC(=O)OC(C)(C)C)c21. The number of primary amides is 2. The summed E-state index contributed by atoms with van der Waals surface area (Å²) in [5.74, 6) is -2.31. The van der Waals surface area contributed by atoms with Crippen molar-refractivity contribution in [2.75, 3.05) is 11.9 Å². The molecule has 4 amide bonds. The molecule has 0 bridgehead atoms. The maximum absolute atomic E-state index is 13.7. The fourth-order valence-electron chi connectivity index (χ4n) is 6.49. The van der Waals surface area contributed by atoms with Gasteiger partial charge >= 0.3 is 5.97 Å². The highest BCUT2D eigenvalue weighted by molar-refractivity contribution is 7.16. The molecule has 61 heavy (non-hydrogen) atoms. The van der Waals surface area contributed by atoms with Gasteiger partial charge in [-0.15, -0.1) is 0 Å². The summed E-state index contributed by atoms with van der Waals surface area (Å²) in [6.07, 6.45) is 5.42. The number of carbonyl (C=O) groups excluding carboxylic acids is 5. The number of amides is 4. The molecule has 20 heteroatoms. The molecule has 320 valence electrons. The lowest BCUT2D eigenvalue weighted by atomic mass is 10.1. The van der Waals surface area contributed by atoms with E-state index in [4.69, 9.17) is 25.9 Å². The number of fused-ring (bicyclic) bond motifs is 2. The van der Waals surface area contributed by atoms with Gasteiger partial charge in [0.05, 0.1) is 33.8 Å². The van der Waals surface area contributed by atoms with Crippen molar-refractivity contribution in [2.24, 2.45) is 16.5 Å². The summed E-state index contributed by atoms with van der Waals surface area (Å²) in [5.41, 5.74) is 14.2. The Labute approximate surface area is 354 Å². The third-order valence-corrected chi connectivity index (χ3v) is 10.1. The van der Waals surface area contributed by atoms with E-state index >= 15 is 0 Å². The van der Waals surface area contributed by atoms with Crippen LogP contribution in [-0.4, -0.2) is 80.5 Å². The molecular weight excluding hydrogens is 805 g/mol. The number of imidazole rings is 1. The molecule has 0 aliphatic heterocycles. The number of rotatable bonds is 16. The van der Waals surface area contributed by atoms with Crippen LogP contribution in [0.4, 0.5) is 5.95 Å². The fourth-order valence-corrected chi connectivity index (χ4v) is 7.52. The van der Waals surface area contributed by atoms with Crippen molar-refractivity contribution in [3.8, 4) is 5.75 Å². The van der Waals surface area contributed by atoms with E-state index < -0.39 is 29.2 Å². The molecule has 5 N–H and O–H groups in total. The van der Waals surface area contributed by atoms with Crippen LogP contribution < -0.4 is 26.3 Å². The largest absolute Gasteiger partial charge is 0.491 e. The third-order valence-electron chi connectivity index (χ3n) is 9.12. The number of hydrogen-bond donors (Lipinski definition) is 3. The number of anilines is 1. The Bertz CT molecular complexity index is 2780. The van der Waals surface area contributed by atoms with Crippen LogP contribution >= 0.6 is 11.3 Å². The molecular formula is C41H48N12O7S. The second-order valence-corrected chi connectivity index (χ2v) is 16.0. The number of allylic oxidation sites excluding steroid dienone is 2. The standard InChI is InChI=1S/C41H48N12O7S/c1-8-52-28(17-23(3)48-52)37(57)46-39-45-27-19-25(34(42)55)20-30(59-16-12-13-32(54)60-41(5,6)7)33(27)50(39)14-10-11-15-51-36-31(21-26(22-44-36)35(43)56)61-40(51)47-38(58)29-18-24(4)49-53(29)9-2/h10-11,17-22H,8-9,12-16H2,1-7H3,(H2,42,55)(H2,43,56)(H,45,46,57)/b11-10+,47-40?. The van der Waals surface area contributed by atoms with E-state index in [9.17, 15) is 24.0 Å². The number of benzene rings is 1. The minimum absolute atomic E-state index is 0.0875. The zero-order valence-corrected chi connectivity index (χ0v) is 35.8. The van der Waals surface area contributed by atoms with Crippen molar-refractivity contribution in [2.45, 2.75) is 93.1 Å². The number of aromatic nitrogens is 8. The highest BCUT2D eigenvalue weighted by atomic mass is 32.1. The highest BCUT2D eigenvalue weighted by Gasteiger charge is 2.23. The molecule has 1 aromatic carbocycles. The lowest BCUT2D eigenvalue weighted by molar-refractivity contribution is -0.155. The molecule has 0 aliphatic rings. The maximum atomic E-state index is 13.7. The predicted molar refractivity (Wildman–Crippen MR) is 227 cm³/mol. The summed E-state index contributed by atoms with van der Waals surface area (Å²) >= 11 is 1.18. The third kappa shape index (κ3) is 10.1. The number of nitrogens with zero attached hydrogens (tertiary/aromatic N) is 9. The van der Waals surface area contributed by atoms with Gasteiger partial charge in [-0.25, -0.2) is 9.97 Å². The van der Waals surface area contributed by atoms with Gasteiger partial charge in [0.2, 0.25) is 17.8 Å². The summed E-state index contributed by atoms with van der Waals surface area (Å²) in [6.45, 7) is 14.0. The van der Waals surface area contributed by atoms with Gasteiger partial charge in [0.15, 0.2) is 10.4 Å². The smallest absolute Gasteiger partial charge is 0.306 e. The van der Waals surface area contributed by atoms with Crippen molar-refractivity contribution in [1.29, 1.82) is 0 Å². The Morgan fingerprint density at radius 2 is 1.51 bits per heavy atom. The number of hydrogen-bond acceptors (Lipinski definition) is 12. The molecule has 0 radical (unpaired) electrons. The van der Waals surface area contributed by atoms with E-state index in [-0.39, 0.29) is 54.9 Å². The predicted octanol–water partition coefficient (Wildman–Crippen LogP) is 4.45. The van der Waals surface area contributed by atoms with Crippen molar-refractivity contribution >= 4 is 68.3 Å². The van der Waals surface area contributed by atoms with Gasteiger partial charge in [-0.3, -0.25) is 43.2 Å². The van der Waals surface area contributed by atoms with E-state index in [2.05, 4.69) is 25.5 Å². The summed E-state index contributed by atoms with van der Waals surface area (Å²) in [6, 6.07) is 7.96. The molecule has 0 unspecified atom stereocenters. The molecule has 0 saturated carbocycles. The number of nitrogens with two attached hydrogens (primary N) is 2. The average molecular weight is 853 g/mol. The fraction of sp³-hybridized carbons (Fsp3) is 0.366. The van der Waals surface area contributed by atoms with Crippen molar-refractivity contribution in [3.05, 3.63) is 87.4 Å². The van der Waals surface area contributed by atoms with Crippen LogP contribution in [0, 0.1) is 13.8 Å². The Hall–Kier alpha value is -6.96. The van der Waals surface area contributed by atoms with Gasteiger partial charge in [0.25, 0.3) is 11.8 Å². The van der Waals surface area contributed by atoms with Gasteiger partial charge < -0.3 is 25.5 Å². The molecule has 0 fully saturated rings. The van der Waals surface area contributed by atoms with E-state index in [0.29, 0.717) is 68.5 Å². The highest BCUT2D eigenvalue weighted by Crippen LogP contribution is 2.32. The minimum Gasteiger partial charge on any atom is -0.491 e. The van der Waals surface area contributed by atoms with Gasteiger partial charge in [0, 0.05) is 44.4 Å². The minimum atomic E-state index is -0.714. The van der Waals surface area contributed by atoms with Crippen LogP contribution in [0.25, 0.3) is 21.4 Å². The van der Waals surface area contributed by atoms with E-state index in [0.717, 1.165) is 0 Å². The maximum Gasteiger partial charge on any atom is 0.306 e. The first-order valence-corrected chi connectivity index (χ1v) is 20.4. The van der Waals surface area contributed by atoms with Crippen LogP contribution in [0.1, 0.15) is 101 Å². The van der Waals surface area contributed by atoms with Crippen molar-refractivity contribution < 1.29 is 33.4 Å². The van der Waals surface area contributed by atoms with Gasteiger partial charge in [0.1, 0.15) is 28.3 Å². The van der Waals surface area contributed by atoms with Crippen LogP contribution in [0.5, 0.6) is 5.75 Å². The zero-order chi connectivity index (χ0) is 44.2. The normalized spacial score (nSPS) is 12.1. The molecule has 0 spiro atoms. The Morgan fingerprint density at radius 1 is 0.869 bits per heavy atom. The molecule has 5 heterocycles. The molecule has 6 rings (SSSR count). The van der Waals surface area contributed by atoms with Crippen LogP contribution in [0.3, 0.4) is 0 Å². The summed E-state index contributed by atoms with van der Waals surface area (Å²) in [5, 5.41) is 11.7. The lowest BCUT2D eigenvalue weighted by Gasteiger charge is -2.19. The van der Waals surface area contributed by atoms with Crippen LogP contribution in [0.2, 0.25) is 0 Å². The zero-order valence-electron chi connectivity index (χ0n) is 35.0. The average Bonchev–Trinajstić information content (AvgIpc) is 3.96.